The summed E-state index contributed by atoms with van der Waals surface area (Å²) in [5, 5.41) is 3.97. The molecule has 1 heterocycles. The minimum atomic E-state index is -0.0223. The van der Waals surface area contributed by atoms with Crippen molar-refractivity contribution in [2.45, 2.75) is 26.3 Å². The van der Waals surface area contributed by atoms with E-state index in [4.69, 9.17) is 23.2 Å². The van der Waals surface area contributed by atoms with Crippen molar-refractivity contribution in [3.63, 3.8) is 0 Å². The fourth-order valence-electron chi connectivity index (χ4n) is 3.19. The number of carbonyl (C=O) groups is 1. The largest absolute Gasteiger partial charge is 0.324 e. The van der Waals surface area contributed by atoms with Crippen LogP contribution in [0.25, 0.3) is 0 Å². The molecule has 1 N–H and O–H groups in total. The molecule has 0 bridgehead atoms. The van der Waals surface area contributed by atoms with Crippen LogP contribution in [0.15, 0.2) is 42.5 Å². The summed E-state index contributed by atoms with van der Waals surface area (Å²) in [6, 6.07) is 13.7. The Bertz CT molecular complexity index is 746. The van der Waals surface area contributed by atoms with Gasteiger partial charge in [0.15, 0.2) is 0 Å². The molecule has 3 nitrogen and oxygen atoms in total. The summed E-state index contributed by atoms with van der Waals surface area (Å²) < 4.78 is 0. The van der Waals surface area contributed by atoms with Gasteiger partial charge in [0.25, 0.3) is 0 Å². The molecule has 3 rings (SSSR count). The predicted octanol–water partition coefficient (Wildman–Crippen LogP) is 5.15. The molecule has 1 saturated heterocycles. The highest BCUT2D eigenvalue weighted by Crippen LogP contribution is 2.27. The van der Waals surface area contributed by atoms with Crippen LogP contribution in [0.1, 0.15) is 24.0 Å². The normalized spacial score (nSPS) is 18.1. The number of anilines is 1. The highest BCUT2D eigenvalue weighted by molar-refractivity contribution is 6.36. The molecule has 132 valence electrons. The molecule has 1 fully saturated rings. The lowest BCUT2D eigenvalue weighted by Gasteiger charge is -2.32. The molecular weight excluding hydrogens is 355 g/mol. The maximum absolute atomic E-state index is 12.6. The van der Waals surface area contributed by atoms with Crippen LogP contribution in [0.5, 0.6) is 0 Å². The smallest absolute Gasteiger partial charge is 0.228 e. The number of nitrogens with one attached hydrogen (secondary N) is 1. The summed E-state index contributed by atoms with van der Waals surface area (Å²) in [6.45, 7) is 4.77. The number of piperidine rings is 1. The molecule has 1 atom stereocenters. The van der Waals surface area contributed by atoms with Crippen molar-refractivity contribution >= 4 is 34.8 Å². The summed E-state index contributed by atoms with van der Waals surface area (Å²) in [6.07, 6.45) is 1.93. The van der Waals surface area contributed by atoms with Crippen molar-refractivity contribution in [2.75, 3.05) is 18.4 Å². The minimum Gasteiger partial charge on any atom is -0.324 e. The zero-order valence-corrected chi connectivity index (χ0v) is 15.8. The fourth-order valence-corrected chi connectivity index (χ4v) is 3.65. The van der Waals surface area contributed by atoms with Gasteiger partial charge in [0, 0.05) is 18.1 Å². The van der Waals surface area contributed by atoms with Crippen molar-refractivity contribution in [3.05, 3.63) is 63.6 Å². The quantitative estimate of drug-likeness (QED) is 0.799. The highest BCUT2D eigenvalue weighted by Gasteiger charge is 2.26. The number of halogens is 2. The monoisotopic (exact) mass is 376 g/mol. The molecule has 0 spiro atoms. The zero-order valence-electron chi connectivity index (χ0n) is 14.3. The summed E-state index contributed by atoms with van der Waals surface area (Å²) in [4.78, 5) is 15.0. The molecule has 5 heteroatoms. The highest BCUT2D eigenvalue weighted by atomic mass is 35.5. The molecule has 0 aromatic heterocycles. The summed E-state index contributed by atoms with van der Waals surface area (Å²) in [5.41, 5.74) is 3.17. The van der Waals surface area contributed by atoms with Crippen molar-refractivity contribution in [3.8, 4) is 0 Å². The van der Waals surface area contributed by atoms with E-state index in [9.17, 15) is 4.79 Å². The number of rotatable bonds is 4. The van der Waals surface area contributed by atoms with Crippen molar-refractivity contribution in [1.29, 1.82) is 0 Å². The molecule has 1 aliphatic heterocycles. The molecule has 0 saturated carbocycles. The third-order valence-corrected chi connectivity index (χ3v) is 5.14. The van der Waals surface area contributed by atoms with E-state index in [1.54, 1.807) is 18.2 Å². The lowest BCUT2D eigenvalue weighted by molar-refractivity contribution is -0.121. The predicted molar refractivity (Wildman–Crippen MR) is 104 cm³/mol. The van der Waals surface area contributed by atoms with Gasteiger partial charge in [0.05, 0.1) is 16.6 Å². The Morgan fingerprint density at radius 1 is 1.20 bits per heavy atom. The van der Waals surface area contributed by atoms with E-state index in [1.165, 1.54) is 11.1 Å². The average Bonchev–Trinajstić information content (AvgIpc) is 2.60. The van der Waals surface area contributed by atoms with Crippen LogP contribution in [-0.2, 0) is 11.3 Å². The molecule has 1 unspecified atom stereocenters. The van der Waals surface area contributed by atoms with E-state index in [2.05, 4.69) is 41.4 Å². The molecule has 25 heavy (non-hydrogen) atoms. The van der Waals surface area contributed by atoms with Crippen molar-refractivity contribution < 1.29 is 4.79 Å². The number of hydrogen-bond donors (Lipinski definition) is 1. The Kier molecular flexibility index (Phi) is 6.00. The second-order valence-corrected chi connectivity index (χ2v) is 7.52. The first-order valence-corrected chi connectivity index (χ1v) is 9.30. The van der Waals surface area contributed by atoms with Gasteiger partial charge in [-0.1, -0.05) is 53.0 Å². The van der Waals surface area contributed by atoms with E-state index < -0.39 is 0 Å². The first kappa shape index (κ1) is 18.2. The molecule has 0 radical (unpaired) electrons. The third kappa shape index (κ3) is 4.97. The summed E-state index contributed by atoms with van der Waals surface area (Å²) in [7, 11) is 0. The van der Waals surface area contributed by atoms with E-state index in [0.717, 1.165) is 32.5 Å². The molecule has 0 aliphatic carbocycles. The lowest BCUT2D eigenvalue weighted by Crippen LogP contribution is -2.40. The number of nitrogens with zero attached hydrogens (tertiary/aromatic N) is 1. The number of likely N-dealkylation sites (tertiary alicyclic amines) is 1. The SMILES string of the molecule is Cc1ccc(CN2CCCC(C(=O)Nc3ccc(Cl)cc3Cl)C2)cc1. The number of aryl methyl sites for hydroxylation is 1. The van der Waals surface area contributed by atoms with Crippen LogP contribution in [-0.4, -0.2) is 23.9 Å². The fraction of sp³-hybridized carbons (Fsp3) is 0.350. The van der Waals surface area contributed by atoms with E-state index in [0.29, 0.717) is 15.7 Å². The summed E-state index contributed by atoms with van der Waals surface area (Å²) >= 11 is 12.1. The van der Waals surface area contributed by atoms with Crippen LogP contribution in [0.4, 0.5) is 5.69 Å². The van der Waals surface area contributed by atoms with Gasteiger partial charge in [0.2, 0.25) is 5.91 Å². The second kappa shape index (κ2) is 8.22. The van der Waals surface area contributed by atoms with Gasteiger partial charge in [-0.25, -0.2) is 0 Å². The average molecular weight is 377 g/mol. The van der Waals surface area contributed by atoms with Gasteiger partial charge in [-0.15, -0.1) is 0 Å². The van der Waals surface area contributed by atoms with Crippen LogP contribution in [0.3, 0.4) is 0 Å². The summed E-state index contributed by atoms with van der Waals surface area (Å²) in [5.74, 6) is 0.00349. The second-order valence-electron chi connectivity index (χ2n) is 6.67. The number of hydrogen-bond acceptors (Lipinski definition) is 2. The Morgan fingerprint density at radius 2 is 1.96 bits per heavy atom. The maximum atomic E-state index is 12.6. The van der Waals surface area contributed by atoms with E-state index in [-0.39, 0.29) is 11.8 Å². The van der Waals surface area contributed by atoms with Crippen LogP contribution < -0.4 is 5.32 Å². The van der Waals surface area contributed by atoms with Crippen molar-refractivity contribution in [1.82, 2.24) is 4.90 Å². The minimum absolute atomic E-state index is 0.0223. The van der Waals surface area contributed by atoms with Gasteiger partial charge >= 0.3 is 0 Å². The van der Waals surface area contributed by atoms with Crippen LogP contribution in [0, 0.1) is 12.8 Å². The van der Waals surface area contributed by atoms with E-state index in [1.807, 2.05) is 0 Å². The first-order chi connectivity index (χ1) is 12.0. The van der Waals surface area contributed by atoms with Gasteiger partial charge in [0.1, 0.15) is 0 Å². The number of carbonyl (C=O) groups excluding carboxylic acids is 1. The maximum Gasteiger partial charge on any atom is 0.228 e. The van der Waals surface area contributed by atoms with Gasteiger partial charge in [-0.05, 0) is 50.1 Å². The molecule has 1 aliphatic rings. The zero-order chi connectivity index (χ0) is 17.8. The Labute approximate surface area is 158 Å². The van der Waals surface area contributed by atoms with Crippen LogP contribution >= 0.6 is 23.2 Å². The molecular formula is C20H22Cl2N2O. The standard InChI is InChI=1S/C20H22Cl2N2O/c1-14-4-6-15(7-5-14)12-24-10-2-3-16(13-24)20(25)23-19-9-8-17(21)11-18(19)22/h4-9,11,16H,2-3,10,12-13H2,1H3,(H,23,25). The van der Waals surface area contributed by atoms with Crippen LogP contribution in [0.2, 0.25) is 10.0 Å². The molecule has 2 aromatic carbocycles. The number of amides is 1. The van der Waals surface area contributed by atoms with Gasteiger partial charge < -0.3 is 5.32 Å². The molecule has 2 aromatic rings. The Hall–Kier alpha value is -1.55. The Balaban J connectivity index is 1.60. The van der Waals surface area contributed by atoms with Gasteiger partial charge in [-0.3, -0.25) is 9.69 Å². The Morgan fingerprint density at radius 3 is 2.68 bits per heavy atom. The third-order valence-electron chi connectivity index (χ3n) is 4.59. The van der Waals surface area contributed by atoms with Crippen molar-refractivity contribution in [2.24, 2.45) is 5.92 Å². The van der Waals surface area contributed by atoms with E-state index >= 15 is 0 Å². The molecule has 1 amide bonds. The first-order valence-electron chi connectivity index (χ1n) is 8.55. The number of benzene rings is 2. The van der Waals surface area contributed by atoms with Gasteiger partial charge in [-0.2, -0.15) is 0 Å². The topological polar surface area (TPSA) is 32.3 Å². The lowest BCUT2D eigenvalue weighted by atomic mass is 9.96.